The molecule has 9 heteroatoms. The van der Waals surface area contributed by atoms with Gasteiger partial charge in [-0.2, -0.15) is 15.0 Å². The predicted molar refractivity (Wildman–Crippen MR) is 64.1 cm³/mol. The quantitative estimate of drug-likeness (QED) is 0.742. The number of amides is 1. The van der Waals surface area contributed by atoms with E-state index in [0.29, 0.717) is 26.3 Å². The highest BCUT2D eigenvalue weighted by molar-refractivity contribution is 5.88. The van der Waals surface area contributed by atoms with Crippen molar-refractivity contribution >= 4 is 23.8 Å². The van der Waals surface area contributed by atoms with Gasteiger partial charge in [0, 0.05) is 20.0 Å². The number of rotatable bonds is 3. The van der Waals surface area contributed by atoms with Gasteiger partial charge >= 0.3 is 5.97 Å². The zero-order valence-corrected chi connectivity index (χ0v) is 10.3. The Balaban J connectivity index is 2.32. The molecule has 2 heterocycles. The summed E-state index contributed by atoms with van der Waals surface area (Å²) < 4.78 is 5.19. The van der Waals surface area contributed by atoms with E-state index in [0.717, 1.165) is 0 Å². The number of aromatic nitrogens is 3. The van der Waals surface area contributed by atoms with E-state index in [1.54, 1.807) is 4.90 Å². The Labute approximate surface area is 108 Å². The first-order valence-electron chi connectivity index (χ1n) is 5.66. The van der Waals surface area contributed by atoms with Crippen LogP contribution in [0.5, 0.6) is 0 Å². The Morgan fingerprint density at radius 3 is 2.53 bits per heavy atom. The summed E-state index contributed by atoms with van der Waals surface area (Å²) in [6.07, 6.45) is 0. The second kappa shape index (κ2) is 5.57. The number of ether oxygens (including phenoxy) is 1. The molecule has 1 aliphatic rings. The fraction of sp³-hybridized carbons (Fsp3) is 0.500. The molecule has 0 bridgehead atoms. The largest absolute Gasteiger partial charge is 0.475 e. The summed E-state index contributed by atoms with van der Waals surface area (Å²) in [5, 5.41) is 11.3. The normalized spacial score (nSPS) is 15.1. The van der Waals surface area contributed by atoms with Crippen molar-refractivity contribution in [3.05, 3.63) is 5.82 Å². The first kappa shape index (κ1) is 13.1. The molecule has 0 aromatic carbocycles. The van der Waals surface area contributed by atoms with Gasteiger partial charge in [-0.1, -0.05) is 0 Å². The molecule has 1 aliphatic heterocycles. The van der Waals surface area contributed by atoms with Crippen LogP contribution in [0.2, 0.25) is 0 Å². The van der Waals surface area contributed by atoms with Gasteiger partial charge in [0.2, 0.25) is 23.6 Å². The number of carboxylic acids is 1. The molecule has 0 saturated carbocycles. The highest BCUT2D eigenvalue weighted by Gasteiger charge is 2.19. The van der Waals surface area contributed by atoms with E-state index in [2.05, 4.69) is 20.3 Å². The maximum absolute atomic E-state index is 11.0. The first-order chi connectivity index (χ1) is 9.06. The number of carbonyl (C=O) groups excluding carboxylic acids is 1. The van der Waals surface area contributed by atoms with E-state index in [9.17, 15) is 9.59 Å². The lowest BCUT2D eigenvalue weighted by Crippen LogP contribution is -2.38. The van der Waals surface area contributed by atoms with Gasteiger partial charge in [-0.05, 0) is 0 Å². The lowest BCUT2D eigenvalue weighted by molar-refractivity contribution is -0.114. The summed E-state index contributed by atoms with van der Waals surface area (Å²) in [4.78, 5) is 35.3. The standard InChI is InChI=1S/C10H13N5O4/c1-6(16)11-9-12-7(8(17)18)13-10(14-9)15-2-4-19-5-3-15/h2-5H2,1H3,(H,17,18)(H,11,12,13,14,16). The van der Waals surface area contributed by atoms with E-state index < -0.39 is 11.8 Å². The van der Waals surface area contributed by atoms with Crippen molar-refractivity contribution in [1.29, 1.82) is 0 Å². The van der Waals surface area contributed by atoms with Crippen LogP contribution in [-0.4, -0.2) is 58.2 Å². The number of morpholine rings is 1. The molecule has 0 spiro atoms. The number of carbonyl (C=O) groups is 2. The molecule has 1 amide bonds. The SMILES string of the molecule is CC(=O)Nc1nc(C(=O)O)nc(N2CCOCC2)n1. The van der Waals surface area contributed by atoms with Gasteiger partial charge in [0.15, 0.2) is 0 Å². The molecule has 0 radical (unpaired) electrons. The monoisotopic (exact) mass is 267 g/mol. The van der Waals surface area contributed by atoms with Gasteiger partial charge in [0.25, 0.3) is 0 Å². The number of anilines is 2. The molecule has 1 aromatic heterocycles. The number of hydrogen-bond acceptors (Lipinski definition) is 7. The second-order valence-electron chi connectivity index (χ2n) is 3.87. The molecule has 9 nitrogen and oxygen atoms in total. The number of nitrogens with one attached hydrogen (secondary N) is 1. The number of hydrogen-bond donors (Lipinski definition) is 2. The summed E-state index contributed by atoms with van der Waals surface area (Å²) in [7, 11) is 0. The number of aromatic carboxylic acids is 1. The lowest BCUT2D eigenvalue weighted by atomic mass is 10.4. The molecule has 0 unspecified atom stereocenters. The Morgan fingerprint density at radius 1 is 1.26 bits per heavy atom. The van der Waals surface area contributed by atoms with Crippen LogP contribution in [0.4, 0.5) is 11.9 Å². The van der Waals surface area contributed by atoms with E-state index >= 15 is 0 Å². The van der Waals surface area contributed by atoms with Crippen LogP contribution in [0.3, 0.4) is 0 Å². The van der Waals surface area contributed by atoms with Gasteiger partial charge < -0.3 is 14.7 Å². The Hall–Kier alpha value is -2.29. The molecular formula is C10H13N5O4. The van der Waals surface area contributed by atoms with Crippen molar-refractivity contribution < 1.29 is 19.4 Å². The minimum atomic E-state index is -1.27. The summed E-state index contributed by atoms with van der Waals surface area (Å²) >= 11 is 0. The molecule has 102 valence electrons. The predicted octanol–water partition coefficient (Wildman–Crippen LogP) is -0.635. The topological polar surface area (TPSA) is 118 Å². The van der Waals surface area contributed by atoms with Gasteiger partial charge in [-0.15, -0.1) is 0 Å². The summed E-state index contributed by atoms with van der Waals surface area (Å²) in [6, 6.07) is 0. The van der Waals surface area contributed by atoms with Crippen molar-refractivity contribution in [3.63, 3.8) is 0 Å². The molecule has 19 heavy (non-hydrogen) atoms. The molecule has 1 saturated heterocycles. The van der Waals surface area contributed by atoms with Gasteiger partial charge in [0.1, 0.15) is 0 Å². The minimum absolute atomic E-state index is 0.0682. The first-order valence-corrected chi connectivity index (χ1v) is 5.66. The highest BCUT2D eigenvalue weighted by atomic mass is 16.5. The van der Waals surface area contributed by atoms with Crippen LogP contribution < -0.4 is 10.2 Å². The molecule has 2 rings (SSSR count). The smallest absolute Gasteiger partial charge is 0.374 e. The lowest BCUT2D eigenvalue weighted by Gasteiger charge is -2.26. The molecule has 0 atom stereocenters. The van der Waals surface area contributed by atoms with Gasteiger partial charge in [-0.25, -0.2) is 4.79 Å². The van der Waals surface area contributed by atoms with Crippen LogP contribution in [0.25, 0.3) is 0 Å². The fourth-order valence-corrected chi connectivity index (χ4v) is 1.58. The number of nitrogens with zero attached hydrogens (tertiary/aromatic N) is 4. The average Bonchev–Trinajstić information content (AvgIpc) is 2.38. The third-order valence-electron chi connectivity index (χ3n) is 2.40. The Kier molecular flexibility index (Phi) is 3.85. The Bertz CT molecular complexity index is 501. The summed E-state index contributed by atoms with van der Waals surface area (Å²) in [6.45, 7) is 3.44. The van der Waals surface area contributed by atoms with Crippen LogP contribution >= 0.6 is 0 Å². The van der Waals surface area contributed by atoms with Crippen molar-refractivity contribution in [2.24, 2.45) is 0 Å². The zero-order chi connectivity index (χ0) is 13.8. The minimum Gasteiger partial charge on any atom is -0.475 e. The average molecular weight is 267 g/mol. The molecule has 1 fully saturated rings. The maximum atomic E-state index is 11.0. The van der Waals surface area contributed by atoms with Crippen LogP contribution in [0.15, 0.2) is 0 Å². The van der Waals surface area contributed by atoms with Crippen molar-refractivity contribution in [3.8, 4) is 0 Å². The van der Waals surface area contributed by atoms with E-state index in [1.165, 1.54) is 6.92 Å². The van der Waals surface area contributed by atoms with Gasteiger partial charge in [-0.3, -0.25) is 10.1 Å². The van der Waals surface area contributed by atoms with E-state index in [1.807, 2.05) is 0 Å². The van der Waals surface area contributed by atoms with E-state index in [-0.39, 0.29) is 17.8 Å². The fourth-order valence-electron chi connectivity index (χ4n) is 1.58. The van der Waals surface area contributed by atoms with Crippen LogP contribution in [0.1, 0.15) is 17.5 Å². The molecular weight excluding hydrogens is 254 g/mol. The molecule has 0 aliphatic carbocycles. The Morgan fingerprint density at radius 2 is 1.95 bits per heavy atom. The highest BCUT2D eigenvalue weighted by Crippen LogP contribution is 2.12. The second-order valence-corrected chi connectivity index (χ2v) is 3.87. The summed E-state index contributed by atoms with van der Waals surface area (Å²) in [5.41, 5.74) is 0. The zero-order valence-electron chi connectivity index (χ0n) is 10.3. The summed E-state index contributed by atoms with van der Waals surface area (Å²) in [5.74, 6) is -1.90. The number of carboxylic acid groups (broad SMARTS) is 1. The van der Waals surface area contributed by atoms with Crippen molar-refractivity contribution in [2.45, 2.75) is 6.92 Å². The van der Waals surface area contributed by atoms with E-state index in [4.69, 9.17) is 9.84 Å². The molecule has 2 N–H and O–H groups in total. The van der Waals surface area contributed by atoms with Crippen molar-refractivity contribution in [2.75, 3.05) is 36.5 Å². The third kappa shape index (κ3) is 3.35. The van der Waals surface area contributed by atoms with Crippen LogP contribution in [0, 0.1) is 0 Å². The maximum Gasteiger partial charge on any atom is 0.374 e. The molecule has 1 aromatic rings. The van der Waals surface area contributed by atoms with Gasteiger partial charge in [0.05, 0.1) is 13.2 Å². The van der Waals surface area contributed by atoms with Crippen LogP contribution in [-0.2, 0) is 9.53 Å². The van der Waals surface area contributed by atoms with Crippen molar-refractivity contribution in [1.82, 2.24) is 15.0 Å². The third-order valence-corrected chi connectivity index (χ3v) is 2.40.